The van der Waals surface area contributed by atoms with Crippen LogP contribution in [0.25, 0.3) is 0 Å². The molecule has 0 saturated heterocycles. The van der Waals surface area contributed by atoms with E-state index >= 15 is 0 Å². The maximum Gasteiger partial charge on any atom is 0.201 e. The van der Waals surface area contributed by atoms with Gasteiger partial charge < -0.3 is 10.2 Å². The highest BCUT2D eigenvalue weighted by atomic mass is 28.4. The zero-order chi connectivity index (χ0) is 10.5. The standard InChI is InChI=1S/C10H23NOSi/c1-9(2)13(12-5,10(3)4)8-6-7-11/h6-7,9-10H,8,11H2,1-5H3. The second kappa shape index (κ2) is 5.45. The molecule has 0 aliphatic carbocycles. The minimum absolute atomic E-state index is 0.633. The highest BCUT2D eigenvalue weighted by Gasteiger charge is 2.39. The van der Waals surface area contributed by atoms with Gasteiger partial charge in [-0.2, -0.15) is 0 Å². The van der Waals surface area contributed by atoms with E-state index in [1.54, 1.807) is 6.20 Å². The van der Waals surface area contributed by atoms with Gasteiger partial charge in [-0.1, -0.05) is 33.8 Å². The lowest BCUT2D eigenvalue weighted by molar-refractivity contribution is 0.374. The van der Waals surface area contributed by atoms with E-state index < -0.39 is 8.32 Å². The maximum atomic E-state index is 5.79. The summed E-state index contributed by atoms with van der Waals surface area (Å²) in [6.07, 6.45) is 3.67. The molecule has 0 atom stereocenters. The van der Waals surface area contributed by atoms with Gasteiger partial charge in [0, 0.05) is 7.11 Å². The summed E-state index contributed by atoms with van der Waals surface area (Å²) in [6.45, 7) is 9.00. The number of hydrogen-bond donors (Lipinski definition) is 1. The molecule has 0 aromatic heterocycles. The Morgan fingerprint density at radius 2 is 1.69 bits per heavy atom. The van der Waals surface area contributed by atoms with Gasteiger partial charge in [0.05, 0.1) is 0 Å². The van der Waals surface area contributed by atoms with Gasteiger partial charge in [-0.05, 0) is 23.3 Å². The second-order valence-electron chi connectivity index (χ2n) is 4.10. The molecule has 13 heavy (non-hydrogen) atoms. The second-order valence-corrected chi connectivity index (χ2v) is 9.14. The Morgan fingerprint density at radius 1 is 1.23 bits per heavy atom. The molecule has 0 amide bonds. The van der Waals surface area contributed by atoms with Crippen molar-refractivity contribution in [2.75, 3.05) is 7.11 Å². The molecule has 2 N–H and O–H groups in total. The molecule has 0 heterocycles. The lowest BCUT2D eigenvalue weighted by Gasteiger charge is -2.36. The zero-order valence-electron chi connectivity index (χ0n) is 9.50. The Labute approximate surface area is 83.3 Å². The van der Waals surface area contributed by atoms with E-state index in [0.717, 1.165) is 6.04 Å². The highest BCUT2D eigenvalue weighted by molar-refractivity contribution is 6.76. The topological polar surface area (TPSA) is 35.2 Å². The van der Waals surface area contributed by atoms with Crippen LogP contribution in [0.15, 0.2) is 12.3 Å². The highest BCUT2D eigenvalue weighted by Crippen LogP contribution is 2.36. The van der Waals surface area contributed by atoms with Gasteiger partial charge in [-0.25, -0.2) is 0 Å². The molecule has 3 heteroatoms. The fourth-order valence-electron chi connectivity index (χ4n) is 1.95. The van der Waals surface area contributed by atoms with Crippen LogP contribution < -0.4 is 5.73 Å². The smallest absolute Gasteiger partial charge is 0.201 e. The van der Waals surface area contributed by atoms with Crippen LogP contribution in [0.1, 0.15) is 27.7 Å². The average Bonchev–Trinajstić information content (AvgIpc) is 2.05. The van der Waals surface area contributed by atoms with Crippen molar-refractivity contribution >= 4 is 8.32 Å². The van der Waals surface area contributed by atoms with Crippen molar-refractivity contribution in [1.82, 2.24) is 0 Å². The summed E-state index contributed by atoms with van der Waals surface area (Å²) < 4.78 is 5.79. The zero-order valence-corrected chi connectivity index (χ0v) is 10.5. The summed E-state index contributed by atoms with van der Waals surface area (Å²) in [5.41, 5.74) is 6.64. The Kier molecular flexibility index (Phi) is 5.33. The quantitative estimate of drug-likeness (QED) is 0.694. The Hall–Kier alpha value is -0.283. The van der Waals surface area contributed by atoms with E-state index in [4.69, 9.17) is 10.2 Å². The monoisotopic (exact) mass is 201 g/mol. The van der Waals surface area contributed by atoms with Crippen LogP contribution in [0.5, 0.6) is 0 Å². The SMILES string of the molecule is CO[Si](CC=CN)(C(C)C)C(C)C. The van der Waals surface area contributed by atoms with Gasteiger partial charge in [-0.3, -0.25) is 0 Å². The Morgan fingerprint density at radius 3 is 1.92 bits per heavy atom. The van der Waals surface area contributed by atoms with E-state index in [2.05, 4.69) is 27.7 Å². The van der Waals surface area contributed by atoms with Crippen molar-refractivity contribution in [2.24, 2.45) is 5.73 Å². The fourth-order valence-corrected chi connectivity index (χ4v) is 5.84. The van der Waals surface area contributed by atoms with Crippen LogP contribution >= 0.6 is 0 Å². The molecular formula is C10H23NOSi. The molecule has 0 fully saturated rings. The van der Waals surface area contributed by atoms with Crippen LogP contribution in [0.3, 0.4) is 0 Å². The van der Waals surface area contributed by atoms with E-state index in [1.165, 1.54) is 0 Å². The van der Waals surface area contributed by atoms with E-state index in [9.17, 15) is 0 Å². The van der Waals surface area contributed by atoms with Crippen molar-refractivity contribution in [2.45, 2.75) is 44.8 Å². The molecule has 0 spiro atoms. The molecule has 0 rings (SSSR count). The van der Waals surface area contributed by atoms with E-state index in [-0.39, 0.29) is 0 Å². The Balaban J connectivity index is 4.65. The van der Waals surface area contributed by atoms with Crippen LogP contribution in [0.4, 0.5) is 0 Å². The van der Waals surface area contributed by atoms with Gasteiger partial charge in [-0.15, -0.1) is 0 Å². The maximum absolute atomic E-state index is 5.79. The first-order chi connectivity index (χ1) is 6.01. The van der Waals surface area contributed by atoms with Gasteiger partial charge in [0.1, 0.15) is 0 Å². The lowest BCUT2D eigenvalue weighted by Crippen LogP contribution is -2.43. The first kappa shape index (κ1) is 12.7. The number of allylic oxidation sites excluding steroid dienone is 1. The number of rotatable bonds is 5. The molecule has 0 aliphatic rings. The first-order valence-corrected chi connectivity index (χ1v) is 7.20. The normalized spacial score (nSPS) is 13.5. The molecule has 0 aromatic rings. The average molecular weight is 201 g/mol. The summed E-state index contributed by atoms with van der Waals surface area (Å²) in [7, 11) is 0.232. The summed E-state index contributed by atoms with van der Waals surface area (Å²) >= 11 is 0. The third-order valence-electron chi connectivity index (χ3n) is 2.91. The van der Waals surface area contributed by atoms with Crippen LogP contribution in [-0.2, 0) is 4.43 Å². The molecule has 2 nitrogen and oxygen atoms in total. The van der Waals surface area contributed by atoms with E-state index in [1.807, 2.05) is 13.2 Å². The molecule has 0 saturated carbocycles. The van der Waals surface area contributed by atoms with Crippen molar-refractivity contribution < 1.29 is 4.43 Å². The van der Waals surface area contributed by atoms with Crippen molar-refractivity contribution in [3.8, 4) is 0 Å². The minimum atomic E-state index is -1.61. The predicted molar refractivity (Wildman–Crippen MR) is 61.1 cm³/mol. The predicted octanol–water partition coefficient (Wildman–Crippen LogP) is 2.87. The van der Waals surface area contributed by atoms with Crippen molar-refractivity contribution in [3.63, 3.8) is 0 Å². The molecule has 0 radical (unpaired) electrons. The summed E-state index contributed by atoms with van der Waals surface area (Å²) in [5, 5.41) is 0. The fraction of sp³-hybridized carbons (Fsp3) is 0.800. The third kappa shape index (κ3) is 2.85. The van der Waals surface area contributed by atoms with E-state index in [0.29, 0.717) is 11.1 Å². The van der Waals surface area contributed by atoms with Gasteiger partial charge >= 0.3 is 0 Å². The number of hydrogen-bond acceptors (Lipinski definition) is 2. The molecule has 78 valence electrons. The minimum Gasteiger partial charge on any atom is -0.419 e. The molecule has 0 aliphatic heterocycles. The summed E-state index contributed by atoms with van der Waals surface area (Å²) in [5.74, 6) is 0. The molecular weight excluding hydrogens is 178 g/mol. The van der Waals surface area contributed by atoms with Gasteiger partial charge in [0.2, 0.25) is 8.32 Å². The summed E-state index contributed by atoms with van der Waals surface area (Å²) in [4.78, 5) is 0. The Bertz CT molecular complexity index is 158. The van der Waals surface area contributed by atoms with Crippen LogP contribution in [0, 0.1) is 0 Å². The molecule has 0 unspecified atom stereocenters. The molecule has 0 aromatic carbocycles. The lowest BCUT2D eigenvalue weighted by atomic mass is 10.5. The van der Waals surface area contributed by atoms with Crippen molar-refractivity contribution in [1.29, 1.82) is 0 Å². The first-order valence-electron chi connectivity index (χ1n) is 4.93. The van der Waals surface area contributed by atoms with Crippen molar-refractivity contribution in [3.05, 3.63) is 12.3 Å². The largest absolute Gasteiger partial charge is 0.419 e. The third-order valence-corrected chi connectivity index (χ3v) is 8.45. The summed E-state index contributed by atoms with van der Waals surface area (Å²) in [6, 6.07) is 1.02. The van der Waals surface area contributed by atoms with Crippen LogP contribution in [-0.4, -0.2) is 15.4 Å². The van der Waals surface area contributed by atoms with Gasteiger partial charge in [0.25, 0.3) is 0 Å². The molecule has 0 bridgehead atoms. The van der Waals surface area contributed by atoms with Crippen LogP contribution in [0.2, 0.25) is 17.1 Å². The number of nitrogens with two attached hydrogens (primary N) is 1. The van der Waals surface area contributed by atoms with Gasteiger partial charge in [0.15, 0.2) is 0 Å².